The second kappa shape index (κ2) is 4.43. The van der Waals surface area contributed by atoms with Gasteiger partial charge >= 0.3 is 5.97 Å². The van der Waals surface area contributed by atoms with Gasteiger partial charge in [-0.05, 0) is 30.2 Å². The van der Waals surface area contributed by atoms with Crippen molar-refractivity contribution in [1.82, 2.24) is 0 Å². The fourth-order valence-corrected chi connectivity index (χ4v) is 1.22. The van der Waals surface area contributed by atoms with Gasteiger partial charge in [0.15, 0.2) is 0 Å². The van der Waals surface area contributed by atoms with E-state index < -0.39 is 10.9 Å². The first-order valence-electron chi connectivity index (χ1n) is 4.37. The smallest absolute Gasteiger partial charge is 0.328 e. The molecular formula is C10H10N2O4. The van der Waals surface area contributed by atoms with Gasteiger partial charge < -0.3 is 10.8 Å². The monoisotopic (exact) mass is 222 g/mol. The van der Waals surface area contributed by atoms with Crippen LogP contribution in [0, 0.1) is 17.0 Å². The highest BCUT2D eigenvalue weighted by molar-refractivity contribution is 5.85. The average Bonchev–Trinajstić information content (AvgIpc) is 2.19. The molecule has 0 spiro atoms. The number of nitrogens with zero attached hydrogens (tertiary/aromatic N) is 1. The fourth-order valence-electron chi connectivity index (χ4n) is 1.22. The number of carbonyl (C=O) groups is 1. The van der Waals surface area contributed by atoms with Crippen LogP contribution in [0.1, 0.15) is 11.1 Å². The summed E-state index contributed by atoms with van der Waals surface area (Å²) < 4.78 is 0. The van der Waals surface area contributed by atoms with Gasteiger partial charge in [-0.15, -0.1) is 0 Å². The van der Waals surface area contributed by atoms with Gasteiger partial charge in [0, 0.05) is 12.1 Å². The van der Waals surface area contributed by atoms with Crippen molar-refractivity contribution in [2.24, 2.45) is 0 Å². The highest BCUT2D eigenvalue weighted by Gasteiger charge is 2.13. The zero-order valence-corrected chi connectivity index (χ0v) is 8.51. The Labute approximate surface area is 91.2 Å². The number of benzene rings is 1. The maximum atomic E-state index is 10.6. The molecule has 0 aliphatic heterocycles. The Kier molecular flexibility index (Phi) is 3.24. The van der Waals surface area contributed by atoms with Crippen LogP contribution >= 0.6 is 0 Å². The molecule has 0 saturated carbocycles. The summed E-state index contributed by atoms with van der Waals surface area (Å²) in [5.74, 6) is -1.11. The second-order valence-corrected chi connectivity index (χ2v) is 3.20. The Bertz CT molecular complexity index is 480. The van der Waals surface area contributed by atoms with Crippen molar-refractivity contribution >= 4 is 23.4 Å². The minimum Gasteiger partial charge on any atom is -0.478 e. The first kappa shape index (κ1) is 11.7. The van der Waals surface area contributed by atoms with E-state index in [1.807, 2.05) is 0 Å². The number of nitrogen functional groups attached to an aromatic ring is 1. The molecule has 0 atom stereocenters. The number of rotatable bonds is 3. The molecule has 6 heteroatoms. The third-order valence-electron chi connectivity index (χ3n) is 2.00. The minimum atomic E-state index is -1.11. The second-order valence-electron chi connectivity index (χ2n) is 3.20. The fraction of sp³-hybridized carbons (Fsp3) is 0.100. The number of nitro groups is 1. The molecular weight excluding hydrogens is 212 g/mol. The van der Waals surface area contributed by atoms with Crippen molar-refractivity contribution in [2.45, 2.75) is 6.92 Å². The van der Waals surface area contributed by atoms with Crippen molar-refractivity contribution in [3.63, 3.8) is 0 Å². The predicted molar refractivity (Wildman–Crippen MR) is 58.9 cm³/mol. The lowest BCUT2D eigenvalue weighted by molar-refractivity contribution is -0.383. The van der Waals surface area contributed by atoms with E-state index >= 15 is 0 Å². The van der Waals surface area contributed by atoms with Crippen molar-refractivity contribution in [1.29, 1.82) is 0 Å². The Hall–Kier alpha value is -2.37. The molecule has 16 heavy (non-hydrogen) atoms. The van der Waals surface area contributed by atoms with E-state index in [4.69, 9.17) is 10.8 Å². The van der Waals surface area contributed by atoms with Crippen LogP contribution in [-0.4, -0.2) is 16.0 Å². The van der Waals surface area contributed by atoms with Gasteiger partial charge in [0.05, 0.1) is 4.92 Å². The van der Waals surface area contributed by atoms with Crippen LogP contribution in [0.4, 0.5) is 11.4 Å². The maximum Gasteiger partial charge on any atom is 0.328 e. The normalized spacial score (nSPS) is 10.6. The molecule has 0 aliphatic carbocycles. The van der Waals surface area contributed by atoms with Crippen LogP contribution in [-0.2, 0) is 4.79 Å². The molecule has 1 aromatic carbocycles. The predicted octanol–water partition coefficient (Wildman–Crippen LogP) is 1.58. The third kappa shape index (κ3) is 2.57. The summed E-state index contributed by atoms with van der Waals surface area (Å²) >= 11 is 0. The van der Waals surface area contributed by atoms with Gasteiger partial charge in [-0.1, -0.05) is 0 Å². The number of carboxylic acid groups (broad SMARTS) is 1. The number of nitro benzene ring substituents is 1. The molecule has 0 saturated heterocycles. The molecule has 3 N–H and O–H groups in total. The first-order valence-corrected chi connectivity index (χ1v) is 4.37. The molecule has 0 heterocycles. The molecule has 1 rings (SSSR count). The summed E-state index contributed by atoms with van der Waals surface area (Å²) in [7, 11) is 0. The summed E-state index contributed by atoms with van der Waals surface area (Å²) in [6.45, 7) is 1.63. The van der Waals surface area contributed by atoms with Gasteiger partial charge in [-0.3, -0.25) is 10.1 Å². The summed E-state index contributed by atoms with van der Waals surface area (Å²) in [5, 5.41) is 19.1. The van der Waals surface area contributed by atoms with Crippen LogP contribution in [0.2, 0.25) is 0 Å². The van der Waals surface area contributed by atoms with Crippen LogP contribution in [0.3, 0.4) is 0 Å². The van der Waals surface area contributed by atoms with Gasteiger partial charge in [0.2, 0.25) is 0 Å². The average molecular weight is 222 g/mol. The van der Waals surface area contributed by atoms with E-state index in [-0.39, 0.29) is 11.4 Å². The Morgan fingerprint density at radius 2 is 2.19 bits per heavy atom. The molecule has 6 nitrogen and oxygen atoms in total. The molecule has 0 radical (unpaired) electrons. The number of nitrogens with two attached hydrogens (primary N) is 1. The van der Waals surface area contributed by atoms with Gasteiger partial charge in [0.1, 0.15) is 5.69 Å². The van der Waals surface area contributed by atoms with Crippen LogP contribution in [0.25, 0.3) is 6.08 Å². The van der Waals surface area contributed by atoms with Crippen LogP contribution < -0.4 is 5.73 Å². The molecule has 0 bridgehead atoms. The van der Waals surface area contributed by atoms with Crippen molar-refractivity contribution in [3.05, 3.63) is 39.4 Å². The summed E-state index contributed by atoms with van der Waals surface area (Å²) in [4.78, 5) is 20.4. The number of hydrogen-bond acceptors (Lipinski definition) is 4. The summed E-state index contributed by atoms with van der Waals surface area (Å²) in [5.41, 5.74) is 6.38. The molecule has 0 aliphatic rings. The molecule has 0 unspecified atom stereocenters. The van der Waals surface area contributed by atoms with E-state index in [0.29, 0.717) is 11.1 Å². The van der Waals surface area contributed by atoms with Gasteiger partial charge in [-0.2, -0.15) is 0 Å². The molecule has 84 valence electrons. The first-order chi connectivity index (χ1) is 7.41. The van der Waals surface area contributed by atoms with E-state index in [9.17, 15) is 14.9 Å². The van der Waals surface area contributed by atoms with E-state index in [1.165, 1.54) is 12.1 Å². The van der Waals surface area contributed by atoms with Crippen molar-refractivity contribution in [2.75, 3.05) is 5.73 Å². The third-order valence-corrected chi connectivity index (χ3v) is 2.00. The largest absolute Gasteiger partial charge is 0.478 e. The van der Waals surface area contributed by atoms with E-state index in [1.54, 1.807) is 13.0 Å². The van der Waals surface area contributed by atoms with E-state index in [2.05, 4.69) is 0 Å². The van der Waals surface area contributed by atoms with Crippen LogP contribution in [0.15, 0.2) is 18.2 Å². The lowest BCUT2D eigenvalue weighted by atomic mass is 10.1. The Morgan fingerprint density at radius 1 is 1.56 bits per heavy atom. The molecule has 0 amide bonds. The van der Waals surface area contributed by atoms with E-state index in [0.717, 1.165) is 6.08 Å². The topological polar surface area (TPSA) is 106 Å². The molecule has 0 aromatic heterocycles. The number of aliphatic carboxylic acids is 1. The number of aryl methyl sites for hydroxylation is 1. The standard InChI is InChI=1S/C10H10N2O4/c1-6-4-7(2-3-9(13)14)5-8(10(6)11)12(15)16/h2-5H,11H2,1H3,(H,13,14). The number of carboxylic acids is 1. The highest BCUT2D eigenvalue weighted by atomic mass is 16.6. The number of hydrogen-bond donors (Lipinski definition) is 2. The number of anilines is 1. The molecule has 1 aromatic rings. The summed E-state index contributed by atoms with van der Waals surface area (Å²) in [6, 6.07) is 2.82. The zero-order chi connectivity index (χ0) is 12.3. The van der Waals surface area contributed by atoms with Gasteiger partial charge in [-0.25, -0.2) is 4.79 Å². The van der Waals surface area contributed by atoms with Gasteiger partial charge in [0.25, 0.3) is 5.69 Å². The molecule has 0 fully saturated rings. The highest BCUT2D eigenvalue weighted by Crippen LogP contribution is 2.27. The quantitative estimate of drug-likeness (QED) is 0.349. The maximum absolute atomic E-state index is 10.6. The lowest BCUT2D eigenvalue weighted by Gasteiger charge is -2.02. The minimum absolute atomic E-state index is 0.0949. The van der Waals surface area contributed by atoms with Crippen LogP contribution in [0.5, 0.6) is 0 Å². The summed E-state index contributed by atoms with van der Waals surface area (Å²) in [6.07, 6.45) is 2.19. The Morgan fingerprint density at radius 3 is 2.69 bits per heavy atom. The lowest BCUT2D eigenvalue weighted by Crippen LogP contribution is -1.98. The zero-order valence-electron chi connectivity index (χ0n) is 8.51. The van der Waals surface area contributed by atoms with Crippen molar-refractivity contribution in [3.8, 4) is 0 Å². The Balaban J connectivity index is 3.24. The SMILES string of the molecule is Cc1cc(C=CC(=O)O)cc([N+](=O)[O-])c1N. The van der Waals surface area contributed by atoms with Crippen molar-refractivity contribution < 1.29 is 14.8 Å².